The molecule has 5 heteroatoms. The molecule has 0 aliphatic carbocycles. The number of carbonyl (C=O) groups is 1. The first kappa shape index (κ1) is 14.3. The fourth-order valence-corrected chi connectivity index (χ4v) is 1.80. The molecule has 1 saturated heterocycles. The van der Waals surface area contributed by atoms with Crippen LogP contribution in [0.4, 0.5) is 4.79 Å². The molecule has 0 saturated carbocycles. The maximum absolute atomic E-state index is 11.8. The highest BCUT2D eigenvalue weighted by Crippen LogP contribution is 2.10. The van der Waals surface area contributed by atoms with Crippen molar-refractivity contribution in [1.29, 1.82) is 0 Å². The lowest BCUT2D eigenvalue weighted by atomic mass is 10.2. The zero-order valence-corrected chi connectivity index (χ0v) is 11.6. The molecule has 1 N–H and O–H groups in total. The summed E-state index contributed by atoms with van der Waals surface area (Å²) in [4.78, 5) is 15.7. The third kappa shape index (κ3) is 4.91. The van der Waals surface area contributed by atoms with Crippen molar-refractivity contribution in [3.05, 3.63) is 0 Å². The number of carbonyl (C=O) groups excluding carboxylic acids is 1. The van der Waals surface area contributed by atoms with Gasteiger partial charge in [0.05, 0.1) is 0 Å². The largest absolute Gasteiger partial charge is 0.444 e. The minimum Gasteiger partial charge on any atom is -0.444 e. The molecular formula is C12H25N3O2. The van der Waals surface area contributed by atoms with Gasteiger partial charge in [-0.15, -0.1) is 0 Å². The van der Waals surface area contributed by atoms with E-state index >= 15 is 0 Å². The standard InChI is InChI=1S/C12H25N3O2/c1-12(2,3)17-11(16)15(5)9-10-8-13-6-7-14(10)4/h10,13H,6-9H2,1-5H3/t10-/m1/s1. The van der Waals surface area contributed by atoms with E-state index in [0.29, 0.717) is 12.6 Å². The van der Waals surface area contributed by atoms with Crippen molar-refractivity contribution in [1.82, 2.24) is 15.1 Å². The van der Waals surface area contributed by atoms with Gasteiger partial charge in [-0.25, -0.2) is 4.79 Å². The van der Waals surface area contributed by atoms with Crippen LogP contribution in [0.25, 0.3) is 0 Å². The summed E-state index contributed by atoms with van der Waals surface area (Å²) in [6, 6.07) is 0.362. The molecule has 0 radical (unpaired) electrons. The highest BCUT2D eigenvalue weighted by atomic mass is 16.6. The van der Waals surface area contributed by atoms with E-state index in [9.17, 15) is 4.79 Å². The summed E-state index contributed by atoms with van der Waals surface area (Å²) < 4.78 is 5.32. The van der Waals surface area contributed by atoms with E-state index in [0.717, 1.165) is 19.6 Å². The molecule has 1 amide bonds. The Morgan fingerprint density at radius 1 is 1.53 bits per heavy atom. The molecule has 100 valence electrons. The van der Waals surface area contributed by atoms with Crippen molar-refractivity contribution in [2.75, 3.05) is 40.3 Å². The van der Waals surface area contributed by atoms with Crippen molar-refractivity contribution in [2.45, 2.75) is 32.4 Å². The highest BCUT2D eigenvalue weighted by Gasteiger charge is 2.25. The van der Waals surface area contributed by atoms with E-state index in [1.54, 1.807) is 11.9 Å². The molecule has 1 aliphatic rings. The summed E-state index contributed by atoms with van der Waals surface area (Å²) in [5.41, 5.74) is -0.429. The molecule has 0 spiro atoms. The van der Waals surface area contributed by atoms with Crippen LogP contribution in [0.5, 0.6) is 0 Å². The predicted molar refractivity (Wildman–Crippen MR) is 68.2 cm³/mol. The number of nitrogens with one attached hydrogen (secondary N) is 1. The van der Waals surface area contributed by atoms with E-state index in [-0.39, 0.29) is 6.09 Å². The number of hydrogen-bond acceptors (Lipinski definition) is 4. The molecule has 0 aromatic heterocycles. The Kier molecular flexibility index (Phi) is 4.77. The fraction of sp³-hybridized carbons (Fsp3) is 0.917. The van der Waals surface area contributed by atoms with Crippen LogP contribution in [0.15, 0.2) is 0 Å². The molecule has 1 atom stereocenters. The van der Waals surface area contributed by atoms with Gasteiger partial charge in [0.2, 0.25) is 0 Å². The molecule has 1 heterocycles. The van der Waals surface area contributed by atoms with E-state index in [2.05, 4.69) is 17.3 Å². The summed E-state index contributed by atoms with van der Waals surface area (Å²) in [6.45, 7) is 9.30. The molecule has 17 heavy (non-hydrogen) atoms. The van der Waals surface area contributed by atoms with E-state index in [4.69, 9.17) is 4.74 Å². The second-order valence-corrected chi connectivity index (χ2v) is 5.70. The number of piperazine rings is 1. The number of rotatable bonds is 2. The molecular weight excluding hydrogens is 218 g/mol. The maximum atomic E-state index is 11.8. The third-order valence-corrected chi connectivity index (χ3v) is 2.83. The van der Waals surface area contributed by atoms with E-state index < -0.39 is 5.60 Å². The first-order valence-electron chi connectivity index (χ1n) is 6.14. The van der Waals surface area contributed by atoms with Gasteiger partial charge in [0.1, 0.15) is 5.60 Å². The Bertz CT molecular complexity index is 263. The second kappa shape index (κ2) is 5.69. The molecule has 1 rings (SSSR count). The van der Waals surface area contributed by atoms with Crippen LogP contribution >= 0.6 is 0 Å². The molecule has 5 nitrogen and oxygen atoms in total. The molecule has 1 aliphatic heterocycles. The molecule has 0 bridgehead atoms. The van der Waals surface area contributed by atoms with Gasteiger partial charge >= 0.3 is 6.09 Å². The summed E-state index contributed by atoms with van der Waals surface area (Å²) in [5, 5.41) is 3.34. The number of hydrogen-bond donors (Lipinski definition) is 1. The fourth-order valence-electron chi connectivity index (χ4n) is 1.80. The van der Waals surface area contributed by atoms with Gasteiger partial charge in [0.15, 0.2) is 0 Å². The lowest BCUT2D eigenvalue weighted by molar-refractivity contribution is 0.0242. The Labute approximate surface area is 104 Å². The Morgan fingerprint density at radius 3 is 2.71 bits per heavy atom. The average molecular weight is 243 g/mol. The van der Waals surface area contributed by atoms with E-state index in [1.165, 1.54) is 0 Å². The smallest absolute Gasteiger partial charge is 0.410 e. The predicted octanol–water partition coefficient (Wildman–Crippen LogP) is 0.757. The van der Waals surface area contributed by atoms with Gasteiger partial charge in [-0.05, 0) is 27.8 Å². The Morgan fingerprint density at radius 2 is 2.18 bits per heavy atom. The summed E-state index contributed by atoms with van der Waals surface area (Å²) in [7, 11) is 3.88. The van der Waals surface area contributed by atoms with Crippen LogP contribution in [0.1, 0.15) is 20.8 Å². The van der Waals surface area contributed by atoms with Crippen molar-refractivity contribution >= 4 is 6.09 Å². The quantitative estimate of drug-likeness (QED) is 0.777. The van der Waals surface area contributed by atoms with Crippen molar-refractivity contribution < 1.29 is 9.53 Å². The number of nitrogens with zero attached hydrogens (tertiary/aromatic N) is 2. The molecule has 0 unspecified atom stereocenters. The van der Waals surface area contributed by atoms with Crippen LogP contribution in [-0.4, -0.2) is 67.8 Å². The second-order valence-electron chi connectivity index (χ2n) is 5.70. The SMILES string of the molecule is CN(C[C@H]1CNCCN1C)C(=O)OC(C)(C)C. The highest BCUT2D eigenvalue weighted by molar-refractivity contribution is 5.67. The lowest BCUT2D eigenvalue weighted by Crippen LogP contribution is -2.54. The summed E-state index contributed by atoms with van der Waals surface area (Å²) >= 11 is 0. The number of likely N-dealkylation sites (N-methyl/N-ethyl adjacent to an activating group) is 2. The minimum atomic E-state index is -0.429. The van der Waals surface area contributed by atoms with Crippen LogP contribution in [0.2, 0.25) is 0 Å². The van der Waals surface area contributed by atoms with E-state index in [1.807, 2.05) is 20.8 Å². The molecule has 1 fully saturated rings. The number of amides is 1. The zero-order chi connectivity index (χ0) is 13.1. The van der Waals surface area contributed by atoms with Gasteiger partial charge in [-0.3, -0.25) is 4.90 Å². The lowest BCUT2D eigenvalue weighted by Gasteiger charge is -2.35. The molecule has 0 aromatic carbocycles. The maximum Gasteiger partial charge on any atom is 0.410 e. The van der Waals surface area contributed by atoms with Crippen LogP contribution in [0, 0.1) is 0 Å². The third-order valence-electron chi connectivity index (χ3n) is 2.83. The summed E-state index contributed by atoms with van der Waals surface area (Å²) in [6.07, 6.45) is -0.253. The van der Waals surface area contributed by atoms with Gasteiger partial charge in [-0.2, -0.15) is 0 Å². The summed E-state index contributed by atoms with van der Waals surface area (Å²) in [5.74, 6) is 0. The number of ether oxygens (including phenoxy) is 1. The Balaban J connectivity index is 2.42. The van der Waals surface area contributed by atoms with Gasteiger partial charge in [-0.1, -0.05) is 0 Å². The zero-order valence-electron chi connectivity index (χ0n) is 11.6. The van der Waals surface area contributed by atoms with Gasteiger partial charge in [0.25, 0.3) is 0 Å². The molecule has 0 aromatic rings. The van der Waals surface area contributed by atoms with Crippen LogP contribution in [-0.2, 0) is 4.74 Å². The van der Waals surface area contributed by atoms with Gasteiger partial charge in [0, 0.05) is 39.3 Å². The van der Waals surface area contributed by atoms with Gasteiger partial charge < -0.3 is 15.0 Å². The Hall–Kier alpha value is -0.810. The first-order chi connectivity index (χ1) is 7.79. The van der Waals surface area contributed by atoms with Crippen molar-refractivity contribution in [3.8, 4) is 0 Å². The van der Waals surface area contributed by atoms with Crippen molar-refractivity contribution in [2.24, 2.45) is 0 Å². The average Bonchev–Trinajstić information content (AvgIpc) is 2.18. The first-order valence-corrected chi connectivity index (χ1v) is 6.14. The van der Waals surface area contributed by atoms with Crippen LogP contribution in [0.3, 0.4) is 0 Å². The van der Waals surface area contributed by atoms with Crippen molar-refractivity contribution in [3.63, 3.8) is 0 Å². The van der Waals surface area contributed by atoms with Crippen LogP contribution < -0.4 is 5.32 Å². The monoisotopic (exact) mass is 243 g/mol. The normalized spacial score (nSPS) is 22.3. The minimum absolute atomic E-state index is 0.253. The topological polar surface area (TPSA) is 44.8 Å².